The smallest absolute Gasteiger partial charge is 0.121 e. The van der Waals surface area contributed by atoms with Crippen LogP contribution in [0.25, 0.3) is 66.0 Å². The SMILES string of the molecule is Cc1c[c-]c(-c2ccc(CC(C)(C)C)cn2)cc1.Cc1cnc(-c2[c-]ccc3c2oc2cc4c(ccc5ccccc54)cc23)cc1C.[Ir]. The van der Waals surface area contributed by atoms with Crippen LogP contribution in [0.15, 0.2) is 114 Å². The number of hydrogen-bond acceptors (Lipinski definition) is 3. The Hall–Kier alpha value is -4.63. The van der Waals surface area contributed by atoms with Gasteiger partial charge in [0.05, 0.1) is 5.58 Å². The maximum Gasteiger partial charge on any atom is 0.121 e. The Morgan fingerprint density at radius 1 is 0.667 bits per heavy atom. The van der Waals surface area contributed by atoms with Gasteiger partial charge in [-0.1, -0.05) is 98.8 Å². The largest absolute Gasteiger partial charge is 0.501 e. The topological polar surface area (TPSA) is 38.9 Å². The van der Waals surface area contributed by atoms with Gasteiger partial charge in [0, 0.05) is 37.9 Å². The van der Waals surface area contributed by atoms with Gasteiger partial charge in [0.1, 0.15) is 5.58 Å². The van der Waals surface area contributed by atoms with Crippen LogP contribution in [-0.4, -0.2) is 9.97 Å². The van der Waals surface area contributed by atoms with Gasteiger partial charge in [-0.2, -0.15) is 0 Å². The second kappa shape index (κ2) is 13.5. The van der Waals surface area contributed by atoms with Crippen LogP contribution in [0.1, 0.15) is 43.0 Å². The van der Waals surface area contributed by atoms with Crippen molar-refractivity contribution in [1.29, 1.82) is 0 Å². The van der Waals surface area contributed by atoms with Crippen molar-refractivity contribution in [2.75, 3.05) is 0 Å². The molecule has 0 aliphatic rings. The summed E-state index contributed by atoms with van der Waals surface area (Å²) < 4.78 is 6.39. The zero-order valence-electron chi connectivity index (χ0n) is 28.2. The van der Waals surface area contributed by atoms with Crippen molar-refractivity contribution in [3.05, 3.63) is 144 Å². The number of aryl methyl sites for hydroxylation is 3. The van der Waals surface area contributed by atoms with Crippen LogP contribution in [0.4, 0.5) is 0 Å². The first-order valence-corrected chi connectivity index (χ1v) is 16.2. The number of fused-ring (bicyclic) bond motifs is 6. The van der Waals surface area contributed by atoms with Gasteiger partial charge in [0.15, 0.2) is 0 Å². The molecule has 0 fully saturated rings. The fraction of sp³-hybridized carbons (Fsp3) is 0.182. The molecule has 0 amide bonds. The van der Waals surface area contributed by atoms with Crippen LogP contribution in [0.5, 0.6) is 0 Å². The zero-order valence-corrected chi connectivity index (χ0v) is 30.6. The Morgan fingerprint density at radius 3 is 2.19 bits per heavy atom. The minimum absolute atomic E-state index is 0. The minimum atomic E-state index is 0. The van der Waals surface area contributed by atoms with Gasteiger partial charge in [-0.15, -0.1) is 53.6 Å². The summed E-state index contributed by atoms with van der Waals surface area (Å²) in [6, 6.07) is 40.4. The van der Waals surface area contributed by atoms with Gasteiger partial charge < -0.3 is 14.4 Å². The number of aromatic nitrogens is 2. The average Bonchev–Trinajstić information content (AvgIpc) is 3.43. The van der Waals surface area contributed by atoms with Crippen molar-refractivity contribution in [2.24, 2.45) is 5.41 Å². The van der Waals surface area contributed by atoms with E-state index in [1.807, 2.05) is 24.5 Å². The van der Waals surface area contributed by atoms with E-state index >= 15 is 0 Å². The number of nitrogens with zero attached hydrogens (tertiary/aromatic N) is 2. The van der Waals surface area contributed by atoms with E-state index in [0.717, 1.165) is 50.9 Å². The number of benzene rings is 5. The first kappa shape index (κ1) is 33.3. The fourth-order valence-electron chi connectivity index (χ4n) is 6.16. The summed E-state index contributed by atoms with van der Waals surface area (Å²) in [4.78, 5) is 9.17. The molecule has 0 aliphatic heterocycles. The van der Waals surface area contributed by atoms with Crippen molar-refractivity contribution in [3.8, 4) is 22.5 Å². The summed E-state index contributed by atoms with van der Waals surface area (Å²) in [6.45, 7) is 13.0. The summed E-state index contributed by atoms with van der Waals surface area (Å²) in [5.41, 5.74) is 10.8. The first-order valence-electron chi connectivity index (χ1n) is 16.2. The van der Waals surface area contributed by atoms with Crippen molar-refractivity contribution in [1.82, 2.24) is 9.97 Å². The summed E-state index contributed by atoms with van der Waals surface area (Å²) in [5.74, 6) is 0. The van der Waals surface area contributed by atoms with Gasteiger partial charge in [-0.3, -0.25) is 0 Å². The molecule has 0 saturated heterocycles. The third-order valence-corrected chi connectivity index (χ3v) is 8.73. The van der Waals surface area contributed by atoms with E-state index in [2.05, 4.69) is 149 Å². The molecule has 1 radical (unpaired) electrons. The van der Waals surface area contributed by atoms with E-state index in [0.29, 0.717) is 5.41 Å². The van der Waals surface area contributed by atoms with Crippen molar-refractivity contribution < 1.29 is 24.5 Å². The summed E-state index contributed by atoms with van der Waals surface area (Å²) in [7, 11) is 0. The van der Waals surface area contributed by atoms with Crippen LogP contribution in [0.2, 0.25) is 0 Å². The third-order valence-electron chi connectivity index (χ3n) is 8.73. The number of hydrogen-bond donors (Lipinski definition) is 0. The molecule has 5 aromatic carbocycles. The van der Waals surface area contributed by atoms with Crippen LogP contribution in [0.3, 0.4) is 0 Å². The molecule has 8 rings (SSSR count). The zero-order chi connectivity index (χ0) is 32.7. The molecule has 0 atom stereocenters. The molecule has 241 valence electrons. The van der Waals surface area contributed by atoms with E-state index in [4.69, 9.17) is 4.42 Å². The molecule has 0 spiro atoms. The Labute approximate surface area is 296 Å². The second-order valence-corrected chi connectivity index (χ2v) is 13.8. The first-order chi connectivity index (χ1) is 22.6. The standard InChI is InChI=1S/C27H18NO.C17H20N.Ir/c1-16-12-25(28-15-17(16)2)22-9-5-8-21-24-13-19-11-10-18-6-3-4-7-20(18)23(19)14-26(24)29-27(21)22;1-13-5-8-15(9-6-13)16-10-7-14(12-18-16)11-17(2,3)4;/h3-8,10-15H,1-2H3;5-8,10,12H,11H2,1-4H3;/q2*-1;. The van der Waals surface area contributed by atoms with Crippen molar-refractivity contribution >= 4 is 43.5 Å². The van der Waals surface area contributed by atoms with Gasteiger partial charge in [-0.25, -0.2) is 0 Å². The fourth-order valence-corrected chi connectivity index (χ4v) is 6.16. The van der Waals surface area contributed by atoms with E-state index in [1.54, 1.807) is 0 Å². The molecule has 48 heavy (non-hydrogen) atoms. The predicted molar refractivity (Wildman–Crippen MR) is 197 cm³/mol. The van der Waals surface area contributed by atoms with Gasteiger partial charge >= 0.3 is 0 Å². The van der Waals surface area contributed by atoms with Crippen molar-refractivity contribution in [2.45, 2.75) is 48.0 Å². The quantitative estimate of drug-likeness (QED) is 0.132. The van der Waals surface area contributed by atoms with E-state index in [9.17, 15) is 0 Å². The van der Waals surface area contributed by atoms with Crippen LogP contribution < -0.4 is 0 Å². The molecular weight excluding hydrogens is 765 g/mol. The number of furan rings is 1. The maximum absolute atomic E-state index is 6.39. The van der Waals surface area contributed by atoms with E-state index in [1.165, 1.54) is 43.8 Å². The molecule has 8 aromatic rings. The molecule has 0 bridgehead atoms. The van der Waals surface area contributed by atoms with Gasteiger partial charge in [0.25, 0.3) is 0 Å². The Balaban J connectivity index is 0.000000183. The summed E-state index contributed by atoms with van der Waals surface area (Å²) in [5, 5.41) is 7.14. The minimum Gasteiger partial charge on any atom is -0.501 e. The van der Waals surface area contributed by atoms with Gasteiger partial charge in [-0.05, 0) is 81.9 Å². The Kier molecular flexibility index (Phi) is 9.34. The Bertz CT molecular complexity index is 2380. The molecule has 0 aliphatic carbocycles. The van der Waals surface area contributed by atoms with Crippen LogP contribution in [0, 0.1) is 38.3 Å². The molecule has 0 N–H and O–H groups in total. The second-order valence-electron chi connectivity index (χ2n) is 13.8. The summed E-state index contributed by atoms with van der Waals surface area (Å²) in [6.07, 6.45) is 4.95. The molecule has 0 saturated carbocycles. The number of pyridine rings is 2. The molecule has 3 heterocycles. The molecule has 3 nitrogen and oxygen atoms in total. The van der Waals surface area contributed by atoms with Crippen LogP contribution in [-0.2, 0) is 26.5 Å². The van der Waals surface area contributed by atoms with Crippen LogP contribution >= 0.6 is 0 Å². The van der Waals surface area contributed by atoms with E-state index < -0.39 is 0 Å². The molecular formula is C44H38IrN2O-2. The summed E-state index contributed by atoms with van der Waals surface area (Å²) >= 11 is 0. The monoisotopic (exact) mass is 803 g/mol. The third kappa shape index (κ3) is 6.83. The predicted octanol–water partition coefficient (Wildman–Crippen LogP) is 11.8. The average molecular weight is 803 g/mol. The van der Waals surface area contributed by atoms with Gasteiger partial charge in [0.2, 0.25) is 0 Å². The molecule has 0 unspecified atom stereocenters. The Morgan fingerprint density at radius 2 is 1.46 bits per heavy atom. The molecule has 4 heteroatoms. The van der Waals surface area contributed by atoms with E-state index in [-0.39, 0.29) is 20.1 Å². The molecule has 3 aromatic heterocycles. The maximum atomic E-state index is 6.39. The van der Waals surface area contributed by atoms with Crippen molar-refractivity contribution in [3.63, 3.8) is 0 Å². The number of rotatable bonds is 3. The normalized spacial score (nSPS) is 11.5.